The number of nitrogens with two attached hydrogens (primary N) is 1. The van der Waals surface area contributed by atoms with Crippen molar-refractivity contribution in [2.45, 2.75) is 19.5 Å². The molecule has 1 heterocycles. The van der Waals surface area contributed by atoms with Crippen LogP contribution in [-0.2, 0) is 6.54 Å². The van der Waals surface area contributed by atoms with Crippen molar-refractivity contribution in [1.29, 1.82) is 0 Å². The lowest BCUT2D eigenvalue weighted by Gasteiger charge is -2.18. The van der Waals surface area contributed by atoms with E-state index in [1.54, 1.807) is 17.0 Å². The van der Waals surface area contributed by atoms with E-state index in [0.717, 1.165) is 0 Å². The van der Waals surface area contributed by atoms with Crippen LogP contribution < -0.4 is 11.3 Å². The maximum absolute atomic E-state index is 14.0. The Bertz CT molecular complexity index is 562. The Hall–Kier alpha value is -1.31. The lowest BCUT2D eigenvalue weighted by Crippen LogP contribution is -2.32. The van der Waals surface area contributed by atoms with Gasteiger partial charge in [-0.2, -0.15) is 0 Å². The Morgan fingerprint density at radius 2 is 2.05 bits per heavy atom. The molecule has 0 radical (unpaired) electrons. The van der Waals surface area contributed by atoms with Crippen molar-refractivity contribution < 1.29 is 8.78 Å². The minimum Gasteiger partial charge on any atom is -0.334 e. The molecule has 102 valence electrons. The Labute approximate surface area is 117 Å². The first-order chi connectivity index (χ1) is 9.08. The number of nitrogens with zero attached hydrogens (tertiary/aromatic N) is 2. The van der Waals surface area contributed by atoms with Crippen LogP contribution in [0.4, 0.5) is 8.78 Å². The summed E-state index contributed by atoms with van der Waals surface area (Å²) in [7, 11) is 0. The van der Waals surface area contributed by atoms with Gasteiger partial charge in [-0.3, -0.25) is 5.84 Å². The van der Waals surface area contributed by atoms with Crippen LogP contribution in [0.15, 0.2) is 29.0 Å². The molecule has 0 aliphatic rings. The van der Waals surface area contributed by atoms with E-state index in [1.165, 1.54) is 12.1 Å². The average molecular weight is 331 g/mol. The van der Waals surface area contributed by atoms with Crippen molar-refractivity contribution in [1.82, 2.24) is 15.0 Å². The molecule has 3 N–H and O–H groups in total. The second-order valence-electron chi connectivity index (χ2n) is 3.95. The van der Waals surface area contributed by atoms with Gasteiger partial charge in [0.25, 0.3) is 0 Å². The molecule has 0 bridgehead atoms. The average Bonchev–Trinajstić information content (AvgIpc) is 2.81. The first-order valence-corrected chi connectivity index (χ1v) is 6.49. The summed E-state index contributed by atoms with van der Waals surface area (Å²) in [5.74, 6) is 4.55. The molecule has 0 aliphatic carbocycles. The fraction of sp³-hybridized carbons (Fsp3) is 0.250. The van der Waals surface area contributed by atoms with Gasteiger partial charge in [-0.15, -0.1) is 0 Å². The van der Waals surface area contributed by atoms with Gasteiger partial charge in [0, 0.05) is 29.0 Å². The number of benzene rings is 1. The highest BCUT2D eigenvalue weighted by Gasteiger charge is 2.25. The number of nitrogens with one attached hydrogen (secondary N) is 1. The molecule has 4 nitrogen and oxygen atoms in total. The van der Waals surface area contributed by atoms with Crippen LogP contribution in [0.5, 0.6) is 0 Å². The van der Waals surface area contributed by atoms with Gasteiger partial charge < -0.3 is 4.57 Å². The van der Waals surface area contributed by atoms with Crippen molar-refractivity contribution >= 4 is 15.9 Å². The van der Waals surface area contributed by atoms with Gasteiger partial charge in [0.1, 0.15) is 23.5 Å². The van der Waals surface area contributed by atoms with Crippen molar-refractivity contribution in [2.24, 2.45) is 5.84 Å². The van der Waals surface area contributed by atoms with E-state index >= 15 is 0 Å². The zero-order valence-corrected chi connectivity index (χ0v) is 11.8. The van der Waals surface area contributed by atoms with E-state index in [1.807, 2.05) is 6.92 Å². The van der Waals surface area contributed by atoms with Crippen molar-refractivity contribution in [3.05, 3.63) is 52.0 Å². The molecule has 0 fully saturated rings. The third-order valence-corrected chi connectivity index (χ3v) is 3.30. The fourth-order valence-corrected chi connectivity index (χ4v) is 2.37. The van der Waals surface area contributed by atoms with Gasteiger partial charge in [-0.05, 0) is 19.1 Å². The van der Waals surface area contributed by atoms with Gasteiger partial charge in [0.05, 0.1) is 0 Å². The topological polar surface area (TPSA) is 55.9 Å². The smallest absolute Gasteiger partial charge is 0.132 e. The van der Waals surface area contributed by atoms with Gasteiger partial charge in [-0.25, -0.2) is 19.2 Å². The molecule has 1 unspecified atom stereocenters. The summed E-state index contributed by atoms with van der Waals surface area (Å²) in [6.45, 7) is 2.54. The number of aromatic nitrogens is 2. The molecule has 2 aromatic rings. The summed E-state index contributed by atoms with van der Waals surface area (Å²) in [6.07, 6.45) is 3.30. The molecule has 0 spiro atoms. The van der Waals surface area contributed by atoms with Crippen LogP contribution in [0.2, 0.25) is 0 Å². The van der Waals surface area contributed by atoms with Crippen molar-refractivity contribution in [3.8, 4) is 0 Å². The molecule has 0 saturated carbocycles. The van der Waals surface area contributed by atoms with Crippen LogP contribution >= 0.6 is 15.9 Å². The van der Waals surface area contributed by atoms with Gasteiger partial charge in [-0.1, -0.05) is 15.9 Å². The zero-order valence-electron chi connectivity index (χ0n) is 10.2. The van der Waals surface area contributed by atoms with E-state index in [-0.39, 0.29) is 5.56 Å². The molecule has 1 atom stereocenters. The highest BCUT2D eigenvalue weighted by atomic mass is 79.9. The largest absolute Gasteiger partial charge is 0.334 e. The van der Waals surface area contributed by atoms with Crippen LogP contribution in [0.3, 0.4) is 0 Å². The molecule has 0 saturated heterocycles. The van der Waals surface area contributed by atoms with Crippen LogP contribution in [0, 0.1) is 11.6 Å². The number of hydrogen-bond donors (Lipinski definition) is 2. The maximum Gasteiger partial charge on any atom is 0.132 e. The normalized spacial score (nSPS) is 12.7. The molecule has 2 rings (SSSR count). The number of imidazole rings is 1. The Kier molecular flexibility index (Phi) is 4.28. The van der Waals surface area contributed by atoms with Crippen LogP contribution in [-0.4, -0.2) is 9.55 Å². The Balaban J connectivity index is 2.54. The molecule has 7 heteroatoms. The number of hydrazine groups is 1. The third-order valence-electron chi connectivity index (χ3n) is 2.85. The maximum atomic E-state index is 14.0. The van der Waals surface area contributed by atoms with Gasteiger partial charge in [0.15, 0.2) is 0 Å². The molecule has 1 aromatic heterocycles. The molecule has 0 aliphatic heterocycles. The minimum absolute atomic E-state index is 0.147. The number of aryl methyl sites for hydroxylation is 1. The van der Waals surface area contributed by atoms with E-state index in [9.17, 15) is 8.78 Å². The first kappa shape index (κ1) is 14.1. The number of rotatable bonds is 4. The summed E-state index contributed by atoms with van der Waals surface area (Å²) in [5, 5.41) is 0. The highest BCUT2D eigenvalue weighted by Crippen LogP contribution is 2.28. The molecule has 19 heavy (non-hydrogen) atoms. The summed E-state index contributed by atoms with van der Waals surface area (Å²) < 4.78 is 30.1. The molecule has 1 aromatic carbocycles. The SMILES string of the molecule is CCn1ccnc1C(NN)c1c(F)cc(Br)cc1F. The summed E-state index contributed by atoms with van der Waals surface area (Å²) in [5.41, 5.74) is 2.27. The lowest BCUT2D eigenvalue weighted by molar-refractivity contribution is 0.485. The van der Waals surface area contributed by atoms with E-state index < -0.39 is 17.7 Å². The van der Waals surface area contributed by atoms with E-state index in [2.05, 4.69) is 26.3 Å². The Morgan fingerprint density at radius 3 is 2.58 bits per heavy atom. The van der Waals surface area contributed by atoms with Gasteiger partial charge in [0.2, 0.25) is 0 Å². The van der Waals surface area contributed by atoms with Crippen molar-refractivity contribution in [2.75, 3.05) is 0 Å². The highest BCUT2D eigenvalue weighted by molar-refractivity contribution is 9.10. The molecular weight excluding hydrogens is 318 g/mol. The number of halogens is 3. The lowest BCUT2D eigenvalue weighted by atomic mass is 10.1. The monoisotopic (exact) mass is 330 g/mol. The van der Waals surface area contributed by atoms with Crippen LogP contribution in [0.25, 0.3) is 0 Å². The minimum atomic E-state index is -0.844. The summed E-state index contributed by atoms with van der Waals surface area (Å²) in [4.78, 5) is 4.11. The zero-order chi connectivity index (χ0) is 14.0. The summed E-state index contributed by atoms with van der Waals surface area (Å²) in [6, 6.07) is 1.55. The van der Waals surface area contributed by atoms with Gasteiger partial charge >= 0.3 is 0 Å². The van der Waals surface area contributed by atoms with E-state index in [4.69, 9.17) is 5.84 Å². The van der Waals surface area contributed by atoms with Crippen LogP contribution in [0.1, 0.15) is 24.4 Å². The predicted molar refractivity (Wildman–Crippen MR) is 71.1 cm³/mol. The predicted octanol–water partition coefficient (Wildman–Crippen LogP) is 2.50. The molecular formula is C12H13BrF2N4. The fourth-order valence-electron chi connectivity index (χ4n) is 1.96. The van der Waals surface area contributed by atoms with E-state index in [0.29, 0.717) is 16.8 Å². The third kappa shape index (κ3) is 2.68. The second kappa shape index (κ2) is 5.77. The molecule has 0 amide bonds. The summed E-state index contributed by atoms with van der Waals surface area (Å²) >= 11 is 3.04. The Morgan fingerprint density at radius 1 is 1.42 bits per heavy atom. The standard InChI is InChI=1S/C12H13BrF2N4/c1-2-19-4-3-17-12(19)11(18-16)10-8(14)5-7(13)6-9(10)15/h3-6,11,18H,2,16H2,1H3. The quantitative estimate of drug-likeness (QED) is 0.669. The first-order valence-electron chi connectivity index (χ1n) is 5.70. The number of hydrogen-bond acceptors (Lipinski definition) is 3. The van der Waals surface area contributed by atoms with Crippen molar-refractivity contribution in [3.63, 3.8) is 0 Å². The second-order valence-corrected chi connectivity index (χ2v) is 4.87.